The predicted octanol–water partition coefficient (Wildman–Crippen LogP) is 3.29. The van der Waals surface area contributed by atoms with Crippen molar-refractivity contribution in [2.75, 3.05) is 11.0 Å². The number of nitrogens with one attached hydrogen (secondary N) is 2. The Hall–Kier alpha value is -1.76. The Labute approximate surface area is 144 Å². The number of carbonyl (C=O) groups excluding carboxylic acids is 1. The van der Waals surface area contributed by atoms with Gasteiger partial charge in [-0.3, -0.25) is 9.52 Å². The highest BCUT2D eigenvalue weighted by atomic mass is 35.5. The minimum Gasteiger partial charge on any atom is -0.348 e. The number of halogens is 2. The molecule has 0 saturated carbocycles. The normalized spacial score (nSPS) is 11.1. The van der Waals surface area contributed by atoms with Gasteiger partial charge < -0.3 is 5.32 Å². The fraction of sp³-hybridized carbons (Fsp3) is 0.133. The number of hydrogen-bond donors (Lipinski definition) is 2. The lowest BCUT2D eigenvalue weighted by Crippen LogP contribution is -2.23. The first-order valence-electron chi connectivity index (χ1n) is 6.54. The second kappa shape index (κ2) is 7.21. The van der Waals surface area contributed by atoms with Crippen LogP contribution in [0.4, 0.5) is 5.69 Å². The van der Waals surface area contributed by atoms with Crippen LogP contribution in [0.25, 0.3) is 0 Å². The maximum absolute atomic E-state index is 12.1. The molecule has 0 saturated heterocycles. The second-order valence-corrected chi connectivity index (χ2v) is 7.46. The van der Waals surface area contributed by atoms with E-state index in [9.17, 15) is 13.2 Å². The summed E-state index contributed by atoms with van der Waals surface area (Å²) < 4.78 is 24.6. The highest BCUT2D eigenvalue weighted by Gasteiger charge is 2.08. The van der Waals surface area contributed by atoms with E-state index in [1.54, 1.807) is 18.2 Å². The number of sulfonamides is 1. The van der Waals surface area contributed by atoms with Gasteiger partial charge in [0.05, 0.1) is 6.26 Å². The van der Waals surface area contributed by atoms with Crippen LogP contribution in [0.3, 0.4) is 0 Å². The molecule has 0 fully saturated rings. The van der Waals surface area contributed by atoms with Gasteiger partial charge in [-0.25, -0.2) is 8.42 Å². The van der Waals surface area contributed by atoms with E-state index in [4.69, 9.17) is 23.2 Å². The largest absolute Gasteiger partial charge is 0.348 e. The lowest BCUT2D eigenvalue weighted by molar-refractivity contribution is 0.0951. The molecule has 2 aromatic carbocycles. The topological polar surface area (TPSA) is 75.3 Å². The average Bonchev–Trinajstić information content (AvgIpc) is 2.45. The molecule has 5 nitrogen and oxygen atoms in total. The molecule has 1 amide bonds. The molecule has 0 heterocycles. The van der Waals surface area contributed by atoms with E-state index in [0.717, 1.165) is 11.8 Å². The van der Waals surface area contributed by atoms with Crippen LogP contribution in [0.1, 0.15) is 15.9 Å². The minimum atomic E-state index is -3.34. The van der Waals surface area contributed by atoms with Gasteiger partial charge in [0.1, 0.15) is 0 Å². The molecule has 0 bridgehead atoms. The van der Waals surface area contributed by atoms with Crippen molar-refractivity contribution in [3.63, 3.8) is 0 Å². The van der Waals surface area contributed by atoms with Crippen LogP contribution in [-0.4, -0.2) is 20.6 Å². The van der Waals surface area contributed by atoms with Crippen molar-refractivity contribution in [1.29, 1.82) is 0 Å². The van der Waals surface area contributed by atoms with Gasteiger partial charge in [0, 0.05) is 27.8 Å². The first-order valence-corrected chi connectivity index (χ1v) is 9.19. The molecular formula is C15H14Cl2N2O3S. The van der Waals surface area contributed by atoms with Gasteiger partial charge in [0.2, 0.25) is 10.0 Å². The number of amides is 1. The quantitative estimate of drug-likeness (QED) is 0.845. The Morgan fingerprint density at radius 3 is 2.30 bits per heavy atom. The van der Waals surface area contributed by atoms with Crippen molar-refractivity contribution < 1.29 is 13.2 Å². The van der Waals surface area contributed by atoms with Crippen molar-refractivity contribution >= 4 is 44.8 Å². The molecule has 0 aliphatic carbocycles. The molecule has 8 heteroatoms. The molecule has 2 N–H and O–H groups in total. The number of benzene rings is 2. The average molecular weight is 373 g/mol. The summed E-state index contributed by atoms with van der Waals surface area (Å²) in [5.74, 6) is -0.290. The highest BCUT2D eigenvalue weighted by Crippen LogP contribution is 2.21. The standard InChI is InChI=1S/C15H14Cl2N2O3S/c1-23(21,22)19-13-6-3-10(4-7-13)15(20)18-9-11-2-5-12(16)8-14(11)17/h2-8,19H,9H2,1H3,(H,18,20). The van der Waals surface area contributed by atoms with Crippen LogP contribution < -0.4 is 10.0 Å². The van der Waals surface area contributed by atoms with Crippen molar-refractivity contribution in [3.8, 4) is 0 Å². The SMILES string of the molecule is CS(=O)(=O)Nc1ccc(C(=O)NCc2ccc(Cl)cc2Cl)cc1. The Balaban J connectivity index is 2.00. The first-order chi connectivity index (χ1) is 10.7. The van der Waals surface area contributed by atoms with Crippen LogP contribution in [0.15, 0.2) is 42.5 Å². The molecule has 2 aromatic rings. The van der Waals surface area contributed by atoms with Gasteiger partial charge in [-0.05, 0) is 42.0 Å². The van der Waals surface area contributed by atoms with E-state index in [-0.39, 0.29) is 12.5 Å². The molecule has 122 valence electrons. The van der Waals surface area contributed by atoms with Gasteiger partial charge in [0.25, 0.3) is 5.91 Å². The van der Waals surface area contributed by atoms with Gasteiger partial charge in [-0.15, -0.1) is 0 Å². The lowest BCUT2D eigenvalue weighted by atomic mass is 10.2. The molecule has 0 spiro atoms. The van der Waals surface area contributed by atoms with Gasteiger partial charge >= 0.3 is 0 Å². The smallest absolute Gasteiger partial charge is 0.251 e. The third kappa shape index (κ3) is 5.42. The second-order valence-electron chi connectivity index (χ2n) is 4.87. The van der Waals surface area contributed by atoms with Crippen molar-refractivity contribution in [2.45, 2.75) is 6.54 Å². The van der Waals surface area contributed by atoms with E-state index >= 15 is 0 Å². The summed E-state index contributed by atoms with van der Waals surface area (Å²) in [6.07, 6.45) is 1.06. The van der Waals surface area contributed by atoms with Crippen LogP contribution in [0.5, 0.6) is 0 Å². The van der Waals surface area contributed by atoms with E-state index in [1.807, 2.05) is 0 Å². The lowest BCUT2D eigenvalue weighted by Gasteiger charge is -2.08. The van der Waals surface area contributed by atoms with Crippen molar-refractivity contribution in [3.05, 3.63) is 63.6 Å². The van der Waals surface area contributed by atoms with Crippen molar-refractivity contribution in [1.82, 2.24) is 5.32 Å². The monoisotopic (exact) mass is 372 g/mol. The first kappa shape index (κ1) is 17.6. The number of rotatable bonds is 5. The van der Waals surface area contributed by atoms with Crippen molar-refractivity contribution in [2.24, 2.45) is 0 Å². The molecule has 0 unspecified atom stereocenters. The summed E-state index contributed by atoms with van der Waals surface area (Å²) in [4.78, 5) is 12.1. The van der Waals surface area contributed by atoms with Gasteiger partial charge in [-0.1, -0.05) is 29.3 Å². The minimum absolute atomic E-state index is 0.262. The van der Waals surface area contributed by atoms with E-state index in [1.165, 1.54) is 24.3 Å². The zero-order valence-corrected chi connectivity index (χ0v) is 14.5. The molecule has 23 heavy (non-hydrogen) atoms. The third-order valence-electron chi connectivity index (χ3n) is 2.90. The fourth-order valence-corrected chi connectivity index (χ4v) is 2.89. The van der Waals surface area contributed by atoms with Crippen LogP contribution >= 0.6 is 23.2 Å². The molecule has 0 aliphatic rings. The Morgan fingerprint density at radius 2 is 1.74 bits per heavy atom. The Kier molecular flexibility index (Phi) is 5.51. The zero-order chi connectivity index (χ0) is 17.0. The molecular weight excluding hydrogens is 359 g/mol. The molecule has 0 radical (unpaired) electrons. The van der Waals surface area contributed by atoms with Crippen LogP contribution in [-0.2, 0) is 16.6 Å². The van der Waals surface area contributed by atoms with E-state index < -0.39 is 10.0 Å². The predicted molar refractivity (Wildman–Crippen MR) is 92.5 cm³/mol. The third-order valence-corrected chi connectivity index (χ3v) is 4.10. The maximum Gasteiger partial charge on any atom is 0.251 e. The van der Waals surface area contributed by atoms with E-state index in [2.05, 4.69) is 10.0 Å². The zero-order valence-electron chi connectivity index (χ0n) is 12.1. The molecule has 0 atom stereocenters. The summed E-state index contributed by atoms with van der Waals surface area (Å²) in [5, 5.41) is 3.74. The summed E-state index contributed by atoms with van der Waals surface area (Å²) in [5.41, 5.74) is 1.55. The van der Waals surface area contributed by atoms with Gasteiger partial charge in [-0.2, -0.15) is 0 Å². The maximum atomic E-state index is 12.1. The van der Waals surface area contributed by atoms with Crippen LogP contribution in [0, 0.1) is 0 Å². The molecule has 0 aromatic heterocycles. The fourth-order valence-electron chi connectivity index (χ4n) is 1.85. The summed E-state index contributed by atoms with van der Waals surface area (Å²) in [6.45, 7) is 0.262. The van der Waals surface area contributed by atoms with Crippen LogP contribution in [0.2, 0.25) is 10.0 Å². The number of carbonyl (C=O) groups is 1. The molecule has 2 rings (SSSR count). The number of hydrogen-bond acceptors (Lipinski definition) is 3. The highest BCUT2D eigenvalue weighted by molar-refractivity contribution is 7.92. The molecule has 0 aliphatic heterocycles. The summed E-state index contributed by atoms with van der Waals surface area (Å²) in [6, 6.07) is 11.1. The summed E-state index contributed by atoms with van der Waals surface area (Å²) >= 11 is 11.9. The summed E-state index contributed by atoms with van der Waals surface area (Å²) in [7, 11) is -3.34. The van der Waals surface area contributed by atoms with Gasteiger partial charge in [0.15, 0.2) is 0 Å². The Morgan fingerprint density at radius 1 is 1.09 bits per heavy atom. The number of anilines is 1. The van der Waals surface area contributed by atoms with E-state index in [0.29, 0.717) is 21.3 Å². The Bertz CT molecular complexity index is 821.